The summed E-state index contributed by atoms with van der Waals surface area (Å²) in [4.78, 5) is 49.3. The molecule has 1 fully saturated rings. The molecule has 1 heterocycles. The van der Waals surface area contributed by atoms with E-state index in [4.69, 9.17) is 52.1 Å². The molecule has 1 N–H and O–H groups in total. The Bertz CT molecular complexity index is 999. The zero-order chi connectivity index (χ0) is 44.8. The van der Waals surface area contributed by atoms with Gasteiger partial charge in [0.05, 0.1) is 125 Å². The molecule has 1 aliphatic heterocycles. The van der Waals surface area contributed by atoms with Gasteiger partial charge in [0.2, 0.25) is 11.8 Å². The molecule has 0 aromatic rings. The van der Waals surface area contributed by atoms with Crippen molar-refractivity contribution < 1.29 is 71.3 Å². The maximum Gasteiger partial charge on any atom is 0.407 e. The number of nitrogens with zero attached hydrogens (tertiary/aromatic N) is 1. The standard InChI is InChI=1S/C45H84N2O15/c1-3-5-7-9-14-20-52-22-24-54-26-28-56-30-32-58-34-36-60-39-42(62-45(51)46-19-13-11-12-16-41(48)38-47-43(49)17-18-44(47)50)40-61-37-35-59-33-31-57-29-27-55-25-23-53-21-15-10-8-6-4-2/h42H,3-40H2,1-2H3,(H,46,51). The lowest BCUT2D eigenvalue weighted by Crippen LogP contribution is -2.35. The molecular weight excluding hydrogens is 808 g/mol. The zero-order valence-electron chi connectivity index (χ0n) is 38.5. The highest BCUT2D eigenvalue weighted by Crippen LogP contribution is 2.12. The number of likely N-dealkylation sites (tertiary alicyclic amines) is 1. The average Bonchev–Trinajstić information content (AvgIpc) is 3.58. The van der Waals surface area contributed by atoms with Gasteiger partial charge in [-0.2, -0.15) is 0 Å². The maximum atomic E-state index is 12.6. The largest absolute Gasteiger partial charge is 0.441 e. The number of hydrogen-bond acceptors (Lipinski definition) is 15. The molecule has 17 nitrogen and oxygen atoms in total. The van der Waals surface area contributed by atoms with E-state index in [1.807, 2.05) is 0 Å². The van der Waals surface area contributed by atoms with E-state index in [0.717, 1.165) is 31.0 Å². The van der Waals surface area contributed by atoms with Crippen LogP contribution in [0.3, 0.4) is 0 Å². The Labute approximate surface area is 372 Å². The number of rotatable bonds is 49. The summed E-state index contributed by atoms with van der Waals surface area (Å²) in [5.41, 5.74) is 0. The Morgan fingerprint density at radius 2 is 0.823 bits per heavy atom. The summed E-state index contributed by atoms with van der Waals surface area (Å²) in [5, 5.41) is 2.73. The van der Waals surface area contributed by atoms with Gasteiger partial charge in [-0.05, 0) is 25.7 Å². The number of alkyl carbamates (subject to hydrolysis) is 1. The summed E-state index contributed by atoms with van der Waals surface area (Å²) in [7, 11) is 0. The number of hydrogen-bond donors (Lipinski definition) is 1. The van der Waals surface area contributed by atoms with Gasteiger partial charge in [0.15, 0.2) is 11.9 Å². The second-order valence-corrected chi connectivity index (χ2v) is 15.1. The van der Waals surface area contributed by atoms with Crippen molar-refractivity contribution in [1.82, 2.24) is 10.2 Å². The molecule has 0 aliphatic carbocycles. The fourth-order valence-corrected chi connectivity index (χ4v) is 5.98. The van der Waals surface area contributed by atoms with Crippen LogP contribution in [-0.4, -0.2) is 180 Å². The van der Waals surface area contributed by atoms with Gasteiger partial charge in [0, 0.05) is 39.0 Å². The normalized spacial score (nSPS) is 12.9. The number of unbranched alkanes of at least 4 members (excludes halogenated alkanes) is 10. The van der Waals surface area contributed by atoms with E-state index < -0.39 is 12.2 Å². The van der Waals surface area contributed by atoms with Crippen LogP contribution >= 0.6 is 0 Å². The summed E-state index contributed by atoms with van der Waals surface area (Å²) in [6.45, 7) is 13.7. The number of amides is 3. The fourth-order valence-electron chi connectivity index (χ4n) is 5.98. The van der Waals surface area contributed by atoms with Gasteiger partial charge in [0.1, 0.15) is 0 Å². The quantitative estimate of drug-likeness (QED) is 0.0599. The smallest absolute Gasteiger partial charge is 0.407 e. The van der Waals surface area contributed by atoms with E-state index >= 15 is 0 Å². The van der Waals surface area contributed by atoms with Crippen LogP contribution in [0.1, 0.15) is 117 Å². The molecule has 0 aromatic carbocycles. The third-order valence-electron chi connectivity index (χ3n) is 9.53. The Hall–Kier alpha value is -2.32. The van der Waals surface area contributed by atoms with Crippen molar-refractivity contribution >= 4 is 23.7 Å². The Kier molecular flexibility index (Phi) is 42.1. The summed E-state index contributed by atoms with van der Waals surface area (Å²) >= 11 is 0. The topological polar surface area (TPSA) is 185 Å². The third-order valence-corrected chi connectivity index (χ3v) is 9.53. The Morgan fingerprint density at radius 1 is 0.468 bits per heavy atom. The first-order valence-corrected chi connectivity index (χ1v) is 23.5. The van der Waals surface area contributed by atoms with Gasteiger partial charge in [-0.3, -0.25) is 19.3 Å². The predicted octanol–water partition coefficient (Wildman–Crippen LogP) is 5.47. The number of carbonyl (C=O) groups is 4. The number of ether oxygens (including phenoxy) is 11. The van der Waals surface area contributed by atoms with Crippen molar-refractivity contribution in [2.45, 2.75) is 123 Å². The first-order chi connectivity index (χ1) is 30.5. The van der Waals surface area contributed by atoms with Crippen molar-refractivity contribution in [1.29, 1.82) is 0 Å². The molecule has 0 radical (unpaired) electrons. The molecule has 0 atom stereocenters. The van der Waals surface area contributed by atoms with Crippen LogP contribution in [-0.2, 0) is 66.5 Å². The SMILES string of the molecule is CCCCCCCOCCOCCOCCOCCOCC(COCCOCCOCCOCCOCCCCCCC)OC(=O)NCCCCCC(=O)CN1C(=O)CCC1=O. The second kappa shape index (κ2) is 45.3. The molecule has 0 spiro atoms. The van der Waals surface area contributed by atoms with Crippen LogP contribution in [0.5, 0.6) is 0 Å². The van der Waals surface area contributed by atoms with Crippen molar-refractivity contribution in [2.75, 3.05) is 145 Å². The van der Waals surface area contributed by atoms with Gasteiger partial charge in [-0.25, -0.2) is 4.79 Å². The maximum absolute atomic E-state index is 12.6. The van der Waals surface area contributed by atoms with Gasteiger partial charge >= 0.3 is 6.09 Å². The number of ketones is 1. The van der Waals surface area contributed by atoms with E-state index in [0.29, 0.717) is 132 Å². The molecule has 0 saturated carbocycles. The third kappa shape index (κ3) is 38.2. The average molecular weight is 893 g/mol. The fraction of sp³-hybridized carbons (Fsp3) is 0.911. The molecule has 17 heteroatoms. The zero-order valence-corrected chi connectivity index (χ0v) is 38.5. The summed E-state index contributed by atoms with van der Waals surface area (Å²) in [5.74, 6) is -0.734. The molecule has 0 unspecified atom stereocenters. The van der Waals surface area contributed by atoms with Crippen molar-refractivity contribution in [3.05, 3.63) is 0 Å². The summed E-state index contributed by atoms with van der Waals surface area (Å²) in [6.07, 6.45) is 13.5. The lowest BCUT2D eigenvalue weighted by Gasteiger charge is -2.19. The molecule has 62 heavy (non-hydrogen) atoms. The van der Waals surface area contributed by atoms with Crippen LogP contribution in [0.25, 0.3) is 0 Å². The number of Topliss-reactive ketones (excluding diaryl/α,β-unsaturated/α-hetero) is 1. The number of carbonyl (C=O) groups excluding carboxylic acids is 4. The lowest BCUT2D eigenvalue weighted by atomic mass is 10.1. The van der Waals surface area contributed by atoms with E-state index in [-0.39, 0.29) is 56.6 Å². The molecule has 0 aromatic heterocycles. The highest BCUT2D eigenvalue weighted by molar-refractivity contribution is 6.04. The molecule has 1 aliphatic rings. The number of imide groups is 1. The molecule has 3 amide bonds. The molecule has 1 rings (SSSR count). The molecule has 1 saturated heterocycles. The second-order valence-electron chi connectivity index (χ2n) is 15.1. The highest BCUT2D eigenvalue weighted by Gasteiger charge is 2.30. The van der Waals surface area contributed by atoms with Crippen LogP contribution in [0.2, 0.25) is 0 Å². The number of nitrogens with one attached hydrogen (secondary N) is 1. The van der Waals surface area contributed by atoms with Crippen LogP contribution in [0.15, 0.2) is 0 Å². The van der Waals surface area contributed by atoms with Gasteiger partial charge in [-0.1, -0.05) is 71.6 Å². The Morgan fingerprint density at radius 3 is 1.23 bits per heavy atom. The minimum Gasteiger partial charge on any atom is -0.441 e. The molecule has 0 bridgehead atoms. The van der Waals surface area contributed by atoms with Crippen molar-refractivity contribution in [2.24, 2.45) is 0 Å². The van der Waals surface area contributed by atoms with Crippen molar-refractivity contribution in [3.63, 3.8) is 0 Å². The van der Waals surface area contributed by atoms with E-state index in [2.05, 4.69) is 19.2 Å². The Balaban J connectivity index is 2.16. The summed E-state index contributed by atoms with van der Waals surface area (Å²) < 4.78 is 61.6. The first-order valence-electron chi connectivity index (χ1n) is 23.5. The molecular formula is C45H84N2O15. The van der Waals surface area contributed by atoms with Crippen LogP contribution in [0, 0.1) is 0 Å². The van der Waals surface area contributed by atoms with Crippen molar-refractivity contribution in [3.8, 4) is 0 Å². The van der Waals surface area contributed by atoms with Crippen LogP contribution < -0.4 is 5.32 Å². The van der Waals surface area contributed by atoms with Crippen LogP contribution in [0.4, 0.5) is 4.79 Å². The van der Waals surface area contributed by atoms with E-state index in [1.165, 1.54) is 51.4 Å². The highest BCUT2D eigenvalue weighted by atomic mass is 16.6. The monoisotopic (exact) mass is 893 g/mol. The minimum atomic E-state index is -0.664. The van der Waals surface area contributed by atoms with E-state index in [1.54, 1.807) is 0 Å². The summed E-state index contributed by atoms with van der Waals surface area (Å²) in [6, 6.07) is 0. The van der Waals surface area contributed by atoms with Gasteiger partial charge in [0.25, 0.3) is 0 Å². The first kappa shape index (κ1) is 57.7. The van der Waals surface area contributed by atoms with Gasteiger partial charge < -0.3 is 57.4 Å². The molecule has 364 valence electrons. The minimum absolute atomic E-state index is 0.110. The predicted molar refractivity (Wildman–Crippen MR) is 233 cm³/mol. The lowest BCUT2D eigenvalue weighted by molar-refractivity contribution is -0.141. The van der Waals surface area contributed by atoms with E-state index in [9.17, 15) is 19.2 Å². The van der Waals surface area contributed by atoms with Gasteiger partial charge in [-0.15, -0.1) is 0 Å².